The lowest BCUT2D eigenvalue weighted by molar-refractivity contribution is 0.743. The Bertz CT molecular complexity index is 218. The van der Waals surface area contributed by atoms with Crippen LogP contribution < -0.4 is 0 Å². The molecular weight excluding hydrogens is 144 g/mol. The van der Waals surface area contributed by atoms with Gasteiger partial charge in [0.05, 0.1) is 0 Å². The van der Waals surface area contributed by atoms with Crippen molar-refractivity contribution >= 4 is 0 Å². The molecule has 0 amide bonds. The molecule has 0 radical (unpaired) electrons. The standard InChI is InChI=1S/C12H20/c1-5-6-12-8-9(2)7-10(3)11(12)4/h7,10H,5-6,8H2,1-4H3. The normalized spacial score (nSPS) is 24.3. The Balaban J connectivity index is 2.76. The highest BCUT2D eigenvalue weighted by Crippen LogP contribution is 2.30. The van der Waals surface area contributed by atoms with Crippen LogP contribution >= 0.6 is 0 Å². The van der Waals surface area contributed by atoms with E-state index in [4.69, 9.17) is 0 Å². The average molecular weight is 164 g/mol. The molecule has 12 heavy (non-hydrogen) atoms. The molecule has 1 unspecified atom stereocenters. The van der Waals surface area contributed by atoms with Crippen LogP contribution in [-0.2, 0) is 0 Å². The number of rotatable bonds is 2. The summed E-state index contributed by atoms with van der Waals surface area (Å²) in [5, 5.41) is 0. The molecule has 1 aliphatic rings. The Morgan fingerprint density at radius 2 is 2.08 bits per heavy atom. The number of hydrogen-bond donors (Lipinski definition) is 0. The highest BCUT2D eigenvalue weighted by molar-refractivity contribution is 5.29. The molecule has 0 N–H and O–H groups in total. The predicted octanol–water partition coefficient (Wildman–Crippen LogP) is 4.09. The van der Waals surface area contributed by atoms with Crippen molar-refractivity contribution in [3.8, 4) is 0 Å². The Morgan fingerprint density at radius 1 is 1.42 bits per heavy atom. The van der Waals surface area contributed by atoms with E-state index in [1.54, 1.807) is 16.7 Å². The van der Waals surface area contributed by atoms with Gasteiger partial charge in [-0.3, -0.25) is 0 Å². The van der Waals surface area contributed by atoms with Crippen molar-refractivity contribution in [2.24, 2.45) is 5.92 Å². The van der Waals surface area contributed by atoms with E-state index < -0.39 is 0 Å². The van der Waals surface area contributed by atoms with Crippen LogP contribution in [0, 0.1) is 5.92 Å². The molecule has 0 saturated heterocycles. The molecule has 0 fully saturated rings. The monoisotopic (exact) mass is 164 g/mol. The van der Waals surface area contributed by atoms with Gasteiger partial charge in [-0.1, -0.05) is 43.1 Å². The van der Waals surface area contributed by atoms with E-state index >= 15 is 0 Å². The summed E-state index contributed by atoms with van der Waals surface area (Å²) in [5.41, 5.74) is 4.85. The lowest BCUT2D eigenvalue weighted by Crippen LogP contribution is -2.04. The molecule has 0 heteroatoms. The van der Waals surface area contributed by atoms with E-state index in [1.165, 1.54) is 19.3 Å². The Morgan fingerprint density at radius 3 is 2.67 bits per heavy atom. The molecule has 0 bridgehead atoms. The fourth-order valence-corrected chi connectivity index (χ4v) is 2.00. The Labute approximate surface area is 76.4 Å². The van der Waals surface area contributed by atoms with Gasteiger partial charge in [0.15, 0.2) is 0 Å². The van der Waals surface area contributed by atoms with E-state index in [2.05, 4.69) is 33.8 Å². The first-order chi connectivity index (χ1) is 5.65. The maximum absolute atomic E-state index is 2.40. The third-order valence-corrected chi connectivity index (χ3v) is 2.82. The van der Waals surface area contributed by atoms with Gasteiger partial charge in [0.1, 0.15) is 0 Å². The van der Waals surface area contributed by atoms with Gasteiger partial charge in [0.2, 0.25) is 0 Å². The summed E-state index contributed by atoms with van der Waals surface area (Å²) >= 11 is 0. The fraction of sp³-hybridized carbons (Fsp3) is 0.667. The third kappa shape index (κ3) is 2.00. The SMILES string of the molecule is CCCC1=C(C)C(C)C=C(C)C1. The minimum Gasteiger partial charge on any atom is -0.0784 e. The van der Waals surface area contributed by atoms with Gasteiger partial charge >= 0.3 is 0 Å². The van der Waals surface area contributed by atoms with Crippen molar-refractivity contribution in [2.75, 3.05) is 0 Å². The van der Waals surface area contributed by atoms with Crippen molar-refractivity contribution in [1.29, 1.82) is 0 Å². The summed E-state index contributed by atoms with van der Waals surface area (Å²) in [5.74, 6) is 0.681. The van der Waals surface area contributed by atoms with Crippen molar-refractivity contribution < 1.29 is 0 Å². The van der Waals surface area contributed by atoms with Gasteiger partial charge in [-0.05, 0) is 32.6 Å². The summed E-state index contributed by atoms with van der Waals surface area (Å²) < 4.78 is 0. The van der Waals surface area contributed by atoms with Crippen LogP contribution in [0.1, 0.15) is 47.0 Å². The van der Waals surface area contributed by atoms with E-state index in [9.17, 15) is 0 Å². The van der Waals surface area contributed by atoms with Crippen LogP contribution in [0.5, 0.6) is 0 Å². The number of hydrogen-bond acceptors (Lipinski definition) is 0. The molecule has 0 aromatic rings. The summed E-state index contributed by atoms with van der Waals surface area (Å²) in [6.45, 7) is 9.10. The zero-order valence-electron chi connectivity index (χ0n) is 8.78. The summed E-state index contributed by atoms with van der Waals surface area (Å²) in [7, 11) is 0. The minimum absolute atomic E-state index is 0.681. The second kappa shape index (κ2) is 3.93. The zero-order chi connectivity index (χ0) is 9.14. The molecule has 0 spiro atoms. The maximum Gasteiger partial charge on any atom is -0.00489 e. The van der Waals surface area contributed by atoms with Gasteiger partial charge in [-0.2, -0.15) is 0 Å². The number of allylic oxidation sites excluding steroid dienone is 4. The van der Waals surface area contributed by atoms with Crippen molar-refractivity contribution in [1.82, 2.24) is 0 Å². The van der Waals surface area contributed by atoms with Crippen LogP contribution in [0.15, 0.2) is 22.8 Å². The summed E-state index contributed by atoms with van der Waals surface area (Å²) in [4.78, 5) is 0. The molecule has 1 atom stereocenters. The topological polar surface area (TPSA) is 0 Å². The van der Waals surface area contributed by atoms with Crippen molar-refractivity contribution in [3.63, 3.8) is 0 Å². The van der Waals surface area contributed by atoms with Crippen LogP contribution in [-0.4, -0.2) is 0 Å². The lowest BCUT2D eigenvalue weighted by atomic mass is 9.84. The molecule has 0 aromatic heterocycles. The quantitative estimate of drug-likeness (QED) is 0.539. The molecule has 0 heterocycles. The zero-order valence-corrected chi connectivity index (χ0v) is 8.78. The van der Waals surface area contributed by atoms with Gasteiger partial charge in [-0.15, -0.1) is 0 Å². The second-order valence-corrected chi connectivity index (χ2v) is 4.02. The van der Waals surface area contributed by atoms with Crippen molar-refractivity contribution in [3.05, 3.63) is 22.8 Å². The molecule has 0 saturated carbocycles. The maximum atomic E-state index is 2.40. The first kappa shape index (κ1) is 9.57. The van der Waals surface area contributed by atoms with Crippen molar-refractivity contribution in [2.45, 2.75) is 47.0 Å². The molecular formula is C12H20. The van der Waals surface area contributed by atoms with Crippen LogP contribution in [0.3, 0.4) is 0 Å². The largest absolute Gasteiger partial charge is 0.0784 e. The third-order valence-electron chi connectivity index (χ3n) is 2.82. The molecule has 0 nitrogen and oxygen atoms in total. The van der Waals surface area contributed by atoms with E-state index in [0.717, 1.165) is 0 Å². The Kier molecular flexibility index (Phi) is 3.13. The van der Waals surface area contributed by atoms with E-state index in [1.807, 2.05) is 0 Å². The summed E-state index contributed by atoms with van der Waals surface area (Å²) in [6, 6.07) is 0. The smallest absolute Gasteiger partial charge is 0.00489 e. The summed E-state index contributed by atoms with van der Waals surface area (Å²) in [6.07, 6.45) is 6.20. The predicted molar refractivity (Wildman–Crippen MR) is 55.1 cm³/mol. The molecule has 1 rings (SSSR count). The van der Waals surface area contributed by atoms with Crippen LogP contribution in [0.25, 0.3) is 0 Å². The first-order valence-corrected chi connectivity index (χ1v) is 5.01. The highest BCUT2D eigenvalue weighted by Gasteiger charge is 2.13. The minimum atomic E-state index is 0.681. The molecule has 0 aliphatic heterocycles. The second-order valence-electron chi connectivity index (χ2n) is 4.02. The molecule has 0 aromatic carbocycles. The Hall–Kier alpha value is -0.520. The average Bonchev–Trinajstić information content (AvgIpc) is 2.00. The van der Waals surface area contributed by atoms with Crippen LogP contribution in [0.2, 0.25) is 0 Å². The van der Waals surface area contributed by atoms with E-state index in [0.29, 0.717) is 5.92 Å². The first-order valence-electron chi connectivity index (χ1n) is 5.01. The van der Waals surface area contributed by atoms with Crippen LogP contribution in [0.4, 0.5) is 0 Å². The van der Waals surface area contributed by atoms with Gasteiger partial charge in [0.25, 0.3) is 0 Å². The van der Waals surface area contributed by atoms with Gasteiger partial charge < -0.3 is 0 Å². The molecule has 1 aliphatic carbocycles. The van der Waals surface area contributed by atoms with Gasteiger partial charge in [-0.25, -0.2) is 0 Å². The fourth-order valence-electron chi connectivity index (χ4n) is 2.00. The lowest BCUT2D eigenvalue weighted by Gasteiger charge is -2.21. The highest BCUT2D eigenvalue weighted by atomic mass is 14.2. The van der Waals surface area contributed by atoms with E-state index in [-0.39, 0.29) is 0 Å². The van der Waals surface area contributed by atoms with Gasteiger partial charge in [0, 0.05) is 0 Å². The molecule has 68 valence electrons.